The summed E-state index contributed by atoms with van der Waals surface area (Å²) in [6.07, 6.45) is 0.312. The number of hydrogen-bond donors (Lipinski definition) is 2. The van der Waals surface area contributed by atoms with Gasteiger partial charge in [0.15, 0.2) is 0 Å². The minimum Gasteiger partial charge on any atom is -0.478 e. The molecule has 0 aromatic heterocycles. The third-order valence-corrected chi connectivity index (χ3v) is 15.5. The van der Waals surface area contributed by atoms with Gasteiger partial charge in [-0.2, -0.15) is 0 Å². The van der Waals surface area contributed by atoms with Gasteiger partial charge in [0.2, 0.25) is 23.6 Å². The highest BCUT2D eigenvalue weighted by molar-refractivity contribution is 6.37. The Morgan fingerprint density at radius 3 is 1.05 bits per heavy atom. The average molecular weight is 1110 g/mol. The van der Waals surface area contributed by atoms with Crippen LogP contribution in [0.5, 0.6) is 0 Å². The number of fused-ring (bicyclic) bond motifs is 3. The van der Waals surface area contributed by atoms with Crippen molar-refractivity contribution < 1.29 is 38.6 Å². The maximum Gasteiger partial charge on any atom is 0.338 e. The van der Waals surface area contributed by atoms with E-state index in [2.05, 4.69) is 0 Å². The molecule has 3 atom stereocenters. The van der Waals surface area contributed by atoms with Crippen molar-refractivity contribution in [3.05, 3.63) is 206 Å². The highest BCUT2D eigenvalue weighted by Gasteiger charge is 2.36. The summed E-state index contributed by atoms with van der Waals surface area (Å²) in [4.78, 5) is 78.4. The molecule has 0 aliphatic carbocycles. The SMILES string of the molecule is CC1c2cccc(C(=O)O)c2CN1C(=O)Cc1c(Cl)cccc1Cl.CC1c2cccc(C(N)=O)c2CN1C(=O)Cc1c(Cl)cccc1Cl.COC(=O)c1cccc2c1CN(C(=O)Cc1c(Cl)cccc1Cl)C2C. The summed E-state index contributed by atoms with van der Waals surface area (Å²) in [5, 5.41) is 12.1. The predicted molar refractivity (Wildman–Crippen MR) is 284 cm³/mol. The summed E-state index contributed by atoms with van der Waals surface area (Å²) in [6.45, 7) is 6.77. The number of carboxylic acids is 1. The fourth-order valence-corrected chi connectivity index (χ4v) is 11.0. The van der Waals surface area contributed by atoms with Gasteiger partial charge in [0.1, 0.15) is 0 Å². The second-order valence-corrected chi connectivity index (χ2v) is 19.9. The van der Waals surface area contributed by atoms with Crippen LogP contribution in [0.3, 0.4) is 0 Å². The van der Waals surface area contributed by atoms with Crippen molar-refractivity contribution >= 4 is 105 Å². The normalized spacial score (nSPS) is 16.0. The number of methoxy groups -OCH3 is 1. The lowest BCUT2D eigenvalue weighted by molar-refractivity contribution is -0.133. The summed E-state index contributed by atoms with van der Waals surface area (Å²) in [6, 6.07) is 31.0. The molecule has 0 fully saturated rings. The molecule has 9 rings (SSSR count). The predicted octanol–water partition coefficient (Wildman–Crippen LogP) is 12.5. The first-order valence-corrected chi connectivity index (χ1v) is 25.1. The first kappa shape index (κ1) is 54.6. The first-order valence-electron chi connectivity index (χ1n) is 22.9. The maximum absolute atomic E-state index is 12.8. The molecule has 0 spiro atoms. The van der Waals surface area contributed by atoms with Crippen LogP contribution >= 0.6 is 69.6 Å². The molecule has 3 aliphatic heterocycles. The van der Waals surface area contributed by atoms with Crippen LogP contribution in [0.25, 0.3) is 0 Å². The van der Waals surface area contributed by atoms with Gasteiger partial charge in [0.05, 0.1) is 55.6 Å². The van der Waals surface area contributed by atoms with E-state index < -0.39 is 17.8 Å². The smallest absolute Gasteiger partial charge is 0.338 e. The Kier molecular flexibility index (Phi) is 17.5. The number of nitrogens with two attached hydrogens (primary N) is 1. The summed E-state index contributed by atoms with van der Waals surface area (Å²) in [5.74, 6) is -2.18. The zero-order chi connectivity index (χ0) is 53.0. The Bertz CT molecular complexity index is 2990. The Morgan fingerprint density at radius 2 is 0.753 bits per heavy atom. The molecular weight excluding hydrogens is 1060 g/mol. The second kappa shape index (κ2) is 23.4. The van der Waals surface area contributed by atoms with Crippen molar-refractivity contribution in [2.24, 2.45) is 5.73 Å². The van der Waals surface area contributed by atoms with E-state index in [0.29, 0.717) is 76.6 Å². The Balaban J connectivity index is 0.000000160. The fourth-order valence-electron chi connectivity index (χ4n) is 9.45. The molecule has 4 amide bonds. The summed E-state index contributed by atoms with van der Waals surface area (Å²) >= 11 is 36.9. The minimum atomic E-state index is -0.984. The Morgan fingerprint density at radius 1 is 0.479 bits per heavy atom. The van der Waals surface area contributed by atoms with E-state index >= 15 is 0 Å². The number of hydrogen-bond acceptors (Lipinski definition) is 7. The van der Waals surface area contributed by atoms with E-state index in [1.807, 2.05) is 39.0 Å². The van der Waals surface area contributed by atoms with Crippen LogP contribution in [0, 0.1) is 0 Å². The topological polar surface area (TPSA) is 168 Å². The van der Waals surface area contributed by atoms with Gasteiger partial charge in [-0.15, -0.1) is 0 Å². The van der Waals surface area contributed by atoms with Gasteiger partial charge in [-0.25, -0.2) is 9.59 Å². The largest absolute Gasteiger partial charge is 0.478 e. The number of carbonyl (C=O) groups excluding carboxylic acids is 5. The lowest BCUT2D eigenvalue weighted by atomic mass is 10.0. The van der Waals surface area contributed by atoms with Crippen molar-refractivity contribution in [2.75, 3.05) is 7.11 Å². The van der Waals surface area contributed by atoms with Crippen molar-refractivity contribution in [3.8, 4) is 0 Å². The lowest BCUT2D eigenvalue weighted by Gasteiger charge is -2.22. The highest BCUT2D eigenvalue weighted by Crippen LogP contribution is 2.40. The number of benzene rings is 6. The molecule has 73 heavy (non-hydrogen) atoms. The van der Waals surface area contributed by atoms with Gasteiger partial charge in [-0.1, -0.05) is 124 Å². The maximum atomic E-state index is 12.8. The number of esters is 1. The zero-order valence-corrected chi connectivity index (χ0v) is 44.4. The zero-order valence-electron chi connectivity index (χ0n) is 39.9. The van der Waals surface area contributed by atoms with Crippen LogP contribution in [0.4, 0.5) is 0 Å². The molecule has 6 aromatic rings. The molecule has 0 saturated heterocycles. The molecule has 0 saturated carbocycles. The van der Waals surface area contributed by atoms with Crippen LogP contribution in [0.1, 0.15) is 120 Å². The van der Waals surface area contributed by atoms with E-state index in [-0.39, 0.29) is 67.2 Å². The molecular formula is C55H48Cl6N4O8. The highest BCUT2D eigenvalue weighted by atomic mass is 35.5. The third-order valence-electron chi connectivity index (χ3n) is 13.4. The quantitative estimate of drug-likeness (QED) is 0.135. The fraction of sp³-hybridized carbons (Fsp3) is 0.236. The Labute approximate surface area is 452 Å². The van der Waals surface area contributed by atoms with E-state index in [0.717, 1.165) is 27.8 Å². The van der Waals surface area contributed by atoms with Crippen molar-refractivity contribution in [2.45, 2.75) is 77.8 Å². The lowest BCUT2D eigenvalue weighted by Crippen LogP contribution is -2.30. The third kappa shape index (κ3) is 11.7. The molecule has 3 N–H and O–H groups in total. The van der Waals surface area contributed by atoms with Crippen LogP contribution < -0.4 is 5.73 Å². The molecule has 3 aliphatic rings. The van der Waals surface area contributed by atoms with Crippen LogP contribution in [-0.2, 0) is 58.0 Å². The van der Waals surface area contributed by atoms with E-state index in [1.165, 1.54) is 7.11 Å². The van der Waals surface area contributed by atoms with Crippen LogP contribution in [0.15, 0.2) is 109 Å². The molecule has 378 valence electrons. The van der Waals surface area contributed by atoms with Crippen LogP contribution in [0.2, 0.25) is 30.1 Å². The second-order valence-electron chi connectivity index (χ2n) is 17.5. The molecule has 0 bridgehead atoms. The van der Waals surface area contributed by atoms with Crippen molar-refractivity contribution in [1.29, 1.82) is 0 Å². The van der Waals surface area contributed by atoms with Crippen molar-refractivity contribution in [3.63, 3.8) is 0 Å². The van der Waals surface area contributed by atoms with Crippen LogP contribution in [-0.4, -0.2) is 62.5 Å². The number of halogens is 6. The van der Waals surface area contributed by atoms with E-state index in [1.54, 1.807) is 106 Å². The number of carbonyl (C=O) groups is 6. The van der Waals surface area contributed by atoms with Gasteiger partial charge in [0, 0.05) is 55.3 Å². The minimum absolute atomic E-state index is 0.0826. The summed E-state index contributed by atoms with van der Waals surface area (Å²) in [5.41, 5.74) is 13.6. The first-order chi connectivity index (χ1) is 34.7. The number of primary amides is 1. The monoisotopic (exact) mass is 1100 g/mol. The number of aromatic carboxylic acids is 1. The van der Waals surface area contributed by atoms with E-state index in [9.17, 15) is 33.9 Å². The van der Waals surface area contributed by atoms with Gasteiger partial charge >= 0.3 is 11.9 Å². The average Bonchev–Trinajstić information content (AvgIpc) is 4.02. The van der Waals surface area contributed by atoms with Gasteiger partial charge in [0.25, 0.3) is 0 Å². The molecule has 6 aromatic carbocycles. The standard InChI is InChI=1S/C19H17Cl2NO3.C18H16Cl2N2O2.C18H15Cl2NO3/c1-11-12-5-3-6-13(19(24)25-2)15(12)10-22(11)18(23)9-14-16(20)7-4-8-17(14)21;1-10-11-4-2-5-12(18(21)24)14(11)9-22(10)17(23)8-13-15(19)6-3-7-16(13)20;1-10-11-4-2-5-12(18(23)24)14(11)9-21(10)17(22)8-13-15(19)6-3-7-16(13)20/h3-8,11H,9-10H2,1-2H3;2-7,10H,8-9H2,1H3,(H2,21,24);2-7,10H,8-9H2,1H3,(H,23,24). The molecule has 3 heterocycles. The number of amides is 4. The summed E-state index contributed by atoms with van der Waals surface area (Å²) in [7, 11) is 1.35. The number of nitrogens with zero attached hydrogens (tertiary/aromatic N) is 3. The number of carboxylic acid groups (broad SMARTS) is 1. The molecule has 12 nitrogen and oxygen atoms in total. The van der Waals surface area contributed by atoms with Gasteiger partial charge in [-0.05, 0) is 125 Å². The van der Waals surface area contributed by atoms with Gasteiger partial charge in [-0.3, -0.25) is 19.2 Å². The molecule has 3 unspecified atom stereocenters. The summed E-state index contributed by atoms with van der Waals surface area (Å²) < 4.78 is 4.84. The Hall–Kier alpha value is -6.12. The molecule has 18 heteroatoms. The number of rotatable bonds is 9. The van der Waals surface area contributed by atoms with E-state index in [4.69, 9.17) is 80.1 Å². The number of ether oxygens (including phenoxy) is 1. The van der Waals surface area contributed by atoms with Gasteiger partial charge < -0.3 is 30.3 Å². The van der Waals surface area contributed by atoms with Crippen molar-refractivity contribution in [1.82, 2.24) is 14.7 Å². The molecule has 0 radical (unpaired) electrons.